The first-order valence-electron chi connectivity index (χ1n) is 14.9. The molecular weight excluding hydrogens is 462 g/mol. The van der Waals surface area contributed by atoms with Gasteiger partial charge in [0.05, 0.1) is 18.7 Å². The second-order valence-corrected chi connectivity index (χ2v) is 16.3. The molecule has 0 saturated heterocycles. The van der Waals surface area contributed by atoms with Crippen molar-refractivity contribution in [2.24, 2.45) is 50.7 Å². The lowest BCUT2D eigenvalue weighted by Gasteiger charge is -2.74. The first kappa shape index (κ1) is 25.9. The van der Waals surface area contributed by atoms with Crippen LogP contribution in [0.25, 0.3) is 0 Å². The van der Waals surface area contributed by atoms with Crippen LogP contribution in [0.3, 0.4) is 0 Å². The first-order chi connectivity index (χ1) is 17.1. The maximum atomic E-state index is 12.2. The van der Waals surface area contributed by atoms with Gasteiger partial charge in [-0.05, 0) is 109 Å². The van der Waals surface area contributed by atoms with Crippen LogP contribution in [0.15, 0.2) is 10.7 Å². The summed E-state index contributed by atoms with van der Waals surface area (Å²) >= 11 is 0. The summed E-state index contributed by atoms with van der Waals surface area (Å²) in [5.74, 6) is 1.76. The van der Waals surface area contributed by atoms with E-state index in [4.69, 9.17) is 4.52 Å². The predicted octanol–water partition coefficient (Wildman–Crippen LogP) is 7.02. The standard InChI is InChI=1S/C32H49NO4/c1-27(2)10-12-32(17-24(35)36)13-11-31(7)25(20(32)16-27)21(34)14-23-29(5)15-19-18-33-37-26(19)28(3,4)22(29)8-9-30(23,31)6/h18,20-23,25,34H,8-17H2,1-7H3,(H,35,36)/t20-,21+,22-,23+,25-,29-,30+,31+,32+/m0/s1. The van der Waals surface area contributed by atoms with Gasteiger partial charge in [0.25, 0.3) is 0 Å². The first-order valence-corrected chi connectivity index (χ1v) is 14.9. The van der Waals surface area contributed by atoms with Gasteiger partial charge in [-0.15, -0.1) is 0 Å². The van der Waals surface area contributed by atoms with Gasteiger partial charge in [0.15, 0.2) is 0 Å². The lowest BCUT2D eigenvalue weighted by Crippen LogP contribution is -2.69. The van der Waals surface area contributed by atoms with Gasteiger partial charge in [0.2, 0.25) is 0 Å². The second-order valence-electron chi connectivity index (χ2n) is 16.3. The molecule has 5 nitrogen and oxygen atoms in total. The average Bonchev–Trinajstić information content (AvgIpc) is 3.25. The number of fused-ring (bicyclic) bond motifs is 8. The molecule has 9 atom stereocenters. The molecule has 2 N–H and O–H groups in total. The number of aromatic nitrogens is 1. The normalized spacial score (nSPS) is 49.6. The molecule has 4 fully saturated rings. The van der Waals surface area contributed by atoms with Crippen LogP contribution in [0.2, 0.25) is 0 Å². The molecule has 37 heavy (non-hydrogen) atoms. The molecule has 0 unspecified atom stereocenters. The van der Waals surface area contributed by atoms with Crippen molar-refractivity contribution in [3.05, 3.63) is 17.5 Å². The van der Waals surface area contributed by atoms with Gasteiger partial charge in [-0.1, -0.05) is 53.6 Å². The zero-order valence-electron chi connectivity index (χ0n) is 24.2. The number of carbonyl (C=O) groups is 1. The molecule has 0 spiro atoms. The van der Waals surface area contributed by atoms with Crippen molar-refractivity contribution in [1.29, 1.82) is 0 Å². The number of carboxylic acid groups (broad SMARTS) is 1. The van der Waals surface area contributed by atoms with Crippen LogP contribution in [0.5, 0.6) is 0 Å². The third-order valence-corrected chi connectivity index (χ3v) is 13.9. The van der Waals surface area contributed by atoms with E-state index in [1.165, 1.54) is 18.4 Å². The molecule has 4 saturated carbocycles. The summed E-state index contributed by atoms with van der Waals surface area (Å²) in [5, 5.41) is 26.4. The number of hydrogen-bond donors (Lipinski definition) is 2. The van der Waals surface area contributed by atoms with Gasteiger partial charge in [-0.25, -0.2) is 0 Å². The number of carboxylic acids is 1. The molecule has 0 bridgehead atoms. The van der Waals surface area contributed by atoms with Crippen molar-refractivity contribution >= 4 is 5.97 Å². The topological polar surface area (TPSA) is 83.6 Å². The number of aliphatic hydroxyl groups is 1. The summed E-state index contributed by atoms with van der Waals surface area (Å²) < 4.78 is 5.83. The maximum absolute atomic E-state index is 12.2. The lowest BCUT2D eigenvalue weighted by molar-refractivity contribution is -0.267. The second kappa shape index (κ2) is 7.64. The maximum Gasteiger partial charge on any atom is 0.303 e. The fourth-order valence-corrected chi connectivity index (χ4v) is 12.0. The third kappa shape index (κ3) is 3.25. The van der Waals surface area contributed by atoms with Gasteiger partial charge < -0.3 is 14.7 Å². The highest BCUT2D eigenvalue weighted by atomic mass is 16.5. The van der Waals surface area contributed by atoms with E-state index in [2.05, 4.69) is 53.6 Å². The molecule has 0 radical (unpaired) electrons. The summed E-state index contributed by atoms with van der Waals surface area (Å²) in [6.45, 7) is 17.0. The molecule has 1 heterocycles. The van der Waals surface area contributed by atoms with Crippen LogP contribution < -0.4 is 0 Å². The molecule has 6 rings (SSSR count). The highest BCUT2D eigenvalue weighted by Gasteiger charge is 2.72. The van der Waals surface area contributed by atoms with Crippen molar-refractivity contribution in [3.8, 4) is 0 Å². The highest BCUT2D eigenvalue weighted by molar-refractivity contribution is 5.68. The Kier molecular flexibility index (Phi) is 5.35. The van der Waals surface area contributed by atoms with E-state index < -0.39 is 5.97 Å². The van der Waals surface area contributed by atoms with Crippen molar-refractivity contribution in [1.82, 2.24) is 5.16 Å². The molecule has 1 aromatic rings. The van der Waals surface area contributed by atoms with Crippen LogP contribution >= 0.6 is 0 Å². The van der Waals surface area contributed by atoms with E-state index >= 15 is 0 Å². The summed E-state index contributed by atoms with van der Waals surface area (Å²) in [6.07, 6.45) is 11.1. The van der Waals surface area contributed by atoms with Gasteiger partial charge in [0, 0.05) is 11.0 Å². The molecule has 5 heteroatoms. The van der Waals surface area contributed by atoms with E-state index in [-0.39, 0.29) is 56.9 Å². The summed E-state index contributed by atoms with van der Waals surface area (Å²) in [7, 11) is 0. The van der Waals surface area contributed by atoms with Crippen LogP contribution in [0.1, 0.15) is 118 Å². The Bertz CT molecular complexity index is 1110. The Hall–Kier alpha value is -1.36. The third-order valence-electron chi connectivity index (χ3n) is 13.9. The van der Waals surface area contributed by atoms with Crippen LogP contribution in [0, 0.1) is 50.7 Å². The number of rotatable bonds is 2. The number of hydrogen-bond acceptors (Lipinski definition) is 4. The minimum Gasteiger partial charge on any atom is -0.481 e. The van der Waals surface area contributed by atoms with Gasteiger partial charge in [-0.2, -0.15) is 0 Å². The van der Waals surface area contributed by atoms with Gasteiger partial charge in [-0.3, -0.25) is 4.79 Å². The van der Waals surface area contributed by atoms with Crippen molar-refractivity contribution in [2.45, 2.75) is 124 Å². The molecule has 0 aromatic carbocycles. The Labute approximate surface area is 223 Å². The molecule has 0 amide bonds. The number of aliphatic carboxylic acids is 1. The monoisotopic (exact) mass is 511 g/mol. The van der Waals surface area contributed by atoms with Crippen LogP contribution in [-0.2, 0) is 16.6 Å². The minimum atomic E-state index is -0.662. The lowest BCUT2D eigenvalue weighted by atomic mass is 9.31. The molecule has 0 aliphatic heterocycles. The largest absolute Gasteiger partial charge is 0.481 e. The summed E-state index contributed by atoms with van der Waals surface area (Å²) in [5.41, 5.74) is 1.41. The fourth-order valence-electron chi connectivity index (χ4n) is 12.0. The Balaban J connectivity index is 1.44. The van der Waals surface area contributed by atoms with E-state index in [0.717, 1.165) is 50.7 Å². The smallest absolute Gasteiger partial charge is 0.303 e. The zero-order valence-corrected chi connectivity index (χ0v) is 24.2. The SMILES string of the molecule is CC1(C)CC[C@]2(CC(=O)O)CC[C@]3(C)[C@H]([C@H](O)C[C@@H]4[C@@]5(C)Cc6cnoc6C(C)(C)[C@@H]5CC[C@]43C)[C@@H]2C1. The van der Waals surface area contributed by atoms with Gasteiger partial charge in [0.1, 0.15) is 5.76 Å². The quantitative estimate of drug-likeness (QED) is 0.446. The van der Waals surface area contributed by atoms with Crippen molar-refractivity contribution < 1.29 is 19.5 Å². The van der Waals surface area contributed by atoms with E-state index in [1.807, 2.05) is 6.20 Å². The summed E-state index contributed by atoms with van der Waals surface area (Å²) in [4.78, 5) is 12.2. The molecule has 5 aliphatic rings. The van der Waals surface area contributed by atoms with Crippen LogP contribution in [0.4, 0.5) is 0 Å². The molecule has 5 aliphatic carbocycles. The Morgan fingerprint density at radius 1 is 1.00 bits per heavy atom. The summed E-state index contributed by atoms with van der Waals surface area (Å²) in [6, 6.07) is 0. The number of aliphatic hydroxyl groups excluding tert-OH is 1. The zero-order chi connectivity index (χ0) is 26.8. The highest BCUT2D eigenvalue weighted by Crippen LogP contribution is 2.77. The minimum absolute atomic E-state index is 0.00245. The predicted molar refractivity (Wildman–Crippen MR) is 143 cm³/mol. The Morgan fingerprint density at radius 2 is 1.70 bits per heavy atom. The van der Waals surface area contributed by atoms with E-state index in [1.54, 1.807) is 0 Å². The van der Waals surface area contributed by atoms with Crippen molar-refractivity contribution in [3.63, 3.8) is 0 Å². The van der Waals surface area contributed by atoms with Gasteiger partial charge >= 0.3 is 5.97 Å². The van der Waals surface area contributed by atoms with Crippen LogP contribution in [-0.4, -0.2) is 27.4 Å². The molecular formula is C32H49NO4. The fraction of sp³-hybridized carbons (Fsp3) is 0.875. The van der Waals surface area contributed by atoms with Crippen molar-refractivity contribution in [2.75, 3.05) is 0 Å². The van der Waals surface area contributed by atoms with E-state index in [0.29, 0.717) is 11.8 Å². The Morgan fingerprint density at radius 3 is 2.41 bits per heavy atom. The average molecular weight is 512 g/mol. The molecule has 1 aromatic heterocycles. The van der Waals surface area contributed by atoms with E-state index in [9.17, 15) is 15.0 Å². The number of nitrogens with zero attached hydrogens (tertiary/aromatic N) is 1. The molecule has 206 valence electrons.